The number of hydrogen-bond donors (Lipinski definition) is 1. The van der Waals surface area contributed by atoms with Gasteiger partial charge in [-0.3, -0.25) is 4.79 Å². The molecule has 7 heteroatoms. The smallest absolute Gasteiger partial charge is 0.302 e. The fraction of sp³-hybridized carbons (Fsp3) is 0.529. The van der Waals surface area contributed by atoms with Crippen molar-refractivity contribution >= 4 is 22.8 Å². The molecule has 0 unspecified atom stereocenters. The molecule has 126 valence electrons. The standard InChI is InChI=1S/C17H22N6O/c1-11-5-6-23(15(24)8-18-3)9-14(11)22(4)17-13-7-12(2)21-16(13)19-10-20-17/h7,10-11,14H,5-6,8-9H2,1-2,4H3,(H,19,20,21)/t11-,14+/m1/s1/i6D2,7D,9D2,10D. The first-order valence-corrected chi connectivity index (χ1v) is 7.55. The summed E-state index contributed by atoms with van der Waals surface area (Å²) in [4.78, 5) is 28.5. The Bertz CT molecular complexity index is 1050. The molecule has 0 aromatic carbocycles. The summed E-state index contributed by atoms with van der Waals surface area (Å²) in [5.41, 5.74) is 0.795. The lowest BCUT2D eigenvalue weighted by molar-refractivity contribution is -0.130. The van der Waals surface area contributed by atoms with Crippen molar-refractivity contribution in [1.29, 1.82) is 0 Å². The molecule has 24 heavy (non-hydrogen) atoms. The summed E-state index contributed by atoms with van der Waals surface area (Å²) < 4.78 is 50.0. The summed E-state index contributed by atoms with van der Waals surface area (Å²) in [6.07, 6.45) is -0.460. The van der Waals surface area contributed by atoms with Crippen molar-refractivity contribution in [2.75, 3.05) is 31.5 Å². The minimum absolute atomic E-state index is 0.118. The number of carbonyl (C=O) groups is 1. The number of H-pyrrole nitrogens is 1. The van der Waals surface area contributed by atoms with Gasteiger partial charge in [-0.15, -0.1) is 0 Å². The number of aromatic nitrogens is 3. The van der Waals surface area contributed by atoms with Crippen LogP contribution < -0.4 is 4.90 Å². The van der Waals surface area contributed by atoms with Crippen LogP contribution in [-0.4, -0.2) is 58.4 Å². The highest BCUT2D eigenvalue weighted by atomic mass is 16.2. The van der Waals surface area contributed by atoms with Crippen LogP contribution in [0, 0.1) is 19.4 Å². The third-order valence-electron chi connectivity index (χ3n) is 3.98. The molecule has 0 saturated carbocycles. The molecule has 3 heterocycles. The van der Waals surface area contributed by atoms with E-state index in [0.717, 1.165) is 0 Å². The maximum atomic E-state index is 12.5. The van der Waals surface area contributed by atoms with Crippen molar-refractivity contribution in [3.05, 3.63) is 29.5 Å². The summed E-state index contributed by atoms with van der Waals surface area (Å²) >= 11 is 0. The van der Waals surface area contributed by atoms with Crippen LogP contribution in [0.25, 0.3) is 15.9 Å². The predicted octanol–water partition coefficient (Wildman–Crippen LogP) is 1.86. The number of amides is 1. The molecule has 2 aromatic rings. The average Bonchev–Trinajstić information content (AvgIpc) is 2.86. The summed E-state index contributed by atoms with van der Waals surface area (Å²) in [6, 6.07) is -0.921. The van der Waals surface area contributed by atoms with E-state index < -0.39 is 37.4 Å². The molecular formula is C17H22N6O. The van der Waals surface area contributed by atoms with Crippen LogP contribution >= 0.6 is 0 Å². The first kappa shape index (κ1) is 10.3. The van der Waals surface area contributed by atoms with E-state index in [1.807, 2.05) is 0 Å². The van der Waals surface area contributed by atoms with Gasteiger partial charge in [0.15, 0.2) is 0 Å². The number of hydrogen-bond acceptors (Lipinski definition) is 4. The Hall–Kier alpha value is -2.62. The highest BCUT2D eigenvalue weighted by Gasteiger charge is 2.33. The molecule has 1 fully saturated rings. The minimum atomic E-state index is -2.48. The van der Waals surface area contributed by atoms with E-state index in [9.17, 15) is 4.79 Å². The van der Waals surface area contributed by atoms with Crippen molar-refractivity contribution in [2.24, 2.45) is 5.92 Å². The first-order valence-electron chi connectivity index (χ1n) is 10.6. The molecule has 3 rings (SSSR count). The normalized spacial score (nSPS) is 28.7. The zero-order chi connectivity index (χ0) is 22.6. The summed E-state index contributed by atoms with van der Waals surface area (Å²) in [6.45, 7) is 4.87. The van der Waals surface area contributed by atoms with E-state index in [4.69, 9.17) is 14.8 Å². The van der Waals surface area contributed by atoms with Gasteiger partial charge in [0.2, 0.25) is 0 Å². The van der Waals surface area contributed by atoms with E-state index in [-0.39, 0.29) is 30.2 Å². The number of likely N-dealkylation sites (N-methyl/N-ethyl adjacent to an activating group) is 1. The van der Waals surface area contributed by atoms with E-state index in [2.05, 4.69) is 19.8 Å². The number of carbonyl (C=O) groups excluding carboxylic acids is 1. The predicted molar refractivity (Wildman–Crippen MR) is 92.6 cm³/mol. The molecule has 1 aliphatic heterocycles. The third kappa shape index (κ3) is 2.92. The molecule has 2 atom stereocenters. The van der Waals surface area contributed by atoms with E-state index >= 15 is 0 Å². The second-order valence-corrected chi connectivity index (χ2v) is 5.82. The van der Waals surface area contributed by atoms with Crippen LogP contribution in [0.3, 0.4) is 0 Å². The number of piperidine rings is 1. The quantitative estimate of drug-likeness (QED) is 0.871. The van der Waals surface area contributed by atoms with Crippen LogP contribution in [0.1, 0.15) is 27.3 Å². The number of rotatable bonds is 3. The number of aryl methyl sites for hydroxylation is 1. The monoisotopic (exact) mass is 332 g/mol. The molecule has 1 aliphatic rings. The maximum absolute atomic E-state index is 12.5. The Morgan fingerprint density at radius 1 is 1.67 bits per heavy atom. The molecule has 2 aromatic heterocycles. The number of anilines is 1. The maximum Gasteiger partial charge on any atom is 0.302 e. The van der Waals surface area contributed by atoms with Gasteiger partial charge < -0.3 is 19.6 Å². The van der Waals surface area contributed by atoms with Crippen LogP contribution in [0.5, 0.6) is 0 Å². The Balaban J connectivity index is 2.16. The van der Waals surface area contributed by atoms with Crippen molar-refractivity contribution in [1.82, 2.24) is 19.9 Å². The van der Waals surface area contributed by atoms with Gasteiger partial charge in [0.1, 0.15) is 19.1 Å². The highest BCUT2D eigenvalue weighted by Crippen LogP contribution is 2.29. The molecule has 0 aliphatic carbocycles. The second-order valence-electron chi connectivity index (χ2n) is 5.82. The molecular weight excluding hydrogens is 304 g/mol. The Morgan fingerprint density at radius 3 is 3.21 bits per heavy atom. The lowest BCUT2D eigenvalue weighted by atomic mass is 9.92. The number of nitrogens with one attached hydrogen (secondary N) is 1. The average molecular weight is 332 g/mol. The van der Waals surface area contributed by atoms with Gasteiger partial charge in [-0.1, -0.05) is 6.92 Å². The largest absolute Gasteiger partial charge is 0.354 e. The zero-order valence-corrected chi connectivity index (χ0v) is 13.7. The van der Waals surface area contributed by atoms with Crippen molar-refractivity contribution in [3.8, 4) is 0 Å². The molecule has 0 radical (unpaired) electrons. The molecule has 1 saturated heterocycles. The lowest BCUT2D eigenvalue weighted by Crippen LogP contribution is -2.53. The molecule has 0 bridgehead atoms. The van der Waals surface area contributed by atoms with Gasteiger partial charge in [0.05, 0.1) is 15.5 Å². The van der Waals surface area contributed by atoms with Gasteiger partial charge in [-0.2, -0.15) is 0 Å². The topological polar surface area (TPSA) is 69.5 Å². The van der Waals surface area contributed by atoms with E-state index in [1.165, 1.54) is 4.90 Å². The number of fused-ring (bicyclic) bond motifs is 1. The lowest BCUT2D eigenvalue weighted by Gasteiger charge is -2.41. The Kier molecular flexibility index (Phi) is 2.78. The number of nitrogens with zero attached hydrogens (tertiary/aromatic N) is 5. The zero-order valence-electron chi connectivity index (χ0n) is 19.7. The summed E-state index contributed by atoms with van der Waals surface area (Å²) in [5.74, 6) is -1.33. The number of likely N-dealkylation sites (tertiary alicyclic amines) is 1. The fourth-order valence-electron chi connectivity index (χ4n) is 2.75. The molecule has 1 amide bonds. The third-order valence-corrected chi connectivity index (χ3v) is 3.98. The highest BCUT2D eigenvalue weighted by molar-refractivity contribution is 5.88. The van der Waals surface area contributed by atoms with E-state index in [1.54, 1.807) is 20.9 Å². The van der Waals surface area contributed by atoms with E-state index in [0.29, 0.717) is 16.0 Å². The molecule has 1 N–H and O–H groups in total. The van der Waals surface area contributed by atoms with Crippen molar-refractivity contribution in [2.45, 2.75) is 26.3 Å². The van der Waals surface area contributed by atoms with Gasteiger partial charge in [-0.05, 0) is 25.3 Å². The molecule has 7 nitrogen and oxygen atoms in total. The Morgan fingerprint density at radius 2 is 2.46 bits per heavy atom. The first-order chi connectivity index (χ1) is 13.8. The number of aromatic amines is 1. The van der Waals surface area contributed by atoms with Crippen molar-refractivity contribution < 1.29 is 13.0 Å². The van der Waals surface area contributed by atoms with Crippen LogP contribution in [-0.2, 0) is 4.79 Å². The second kappa shape index (κ2) is 6.48. The van der Waals surface area contributed by atoms with Crippen LogP contribution in [0.4, 0.5) is 5.82 Å². The SMILES string of the molecule is [2H]c1nc(N(C)[C@@H]2[C@H](C)CC([2H])([2H])N(C(=O)C[N+]#[C-])C2([2H])[2H])c2c([2H])c(C)[nH]c2n1. The van der Waals surface area contributed by atoms with Gasteiger partial charge in [0, 0.05) is 28.5 Å². The minimum Gasteiger partial charge on any atom is -0.354 e. The van der Waals surface area contributed by atoms with Gasteiger partial charge in [0.25, 0.3) is 6.54 Å². The summed E-state index contributed by atoms with van der Waals surface area (Å²) in [5, 5.41) is 0.321. The van der Waals surface area contributed by atoms with Gasteiger partial charge >= 0.3 is 5.91 Å². The molecule has 0 spiro atoms. The summed E-state index contributed by atoms with van der Waals surface area (Å²) in [7, 11) is 1.54. The van der Waals surface area contributed by atoms with Crippen LogP contribution in [0.15, 0.2) is 12.3 Å². The fourth-order valence-corrected chi connectivity index (χ4v) is 2.75. The van der Waals surface area contributed by atoms with Gasteiger partial charge in [-0.25, -0.2) is 16.5 Å². The van der Waals surface area contributed by atoms with Crippen molar-refractivity contribution in [3.63, 3.8) is 0 Å². The van der Waals surface area contributed by atoms with Crippen LogP contribution in [0.2, 0.25) is 0 Å². The Labute approximate surface area is 149 Å².